The van der Waals surface area contributed by atoms with Gasteiger partial charge in [-0.1, -0.05) is 47.0 Å². The monoisotopic (exact) mass is 210 g/mol. The van der Waals surface area contributed by atoms with Crippen LogP contribution in [0, 0.1) is 17.3 Å². The Bertz CT molecular complexity index is 161. The third-order valence-electron chi connectivity index (χ3n) is 4.56. The Morgan fingerprint density at radius 3 is 2.20 bits per heavy atom. The summed E-state index contributed by atoms with van der Waals surface area (Å²) in [5.41, 5.74) is 0.695. The molecule has 0 N–H and O–H groups in total. The molecular weight excluding hydrogens is 180 g/mol. The maximum atomic E-state index is 2.53. The molecule has 0 atom stereocenters. The first-order chi connectivity index (χ1) is 7.07. The summed E-state index contributed by atoms with van der Waals surface area (Å²) in [6, 6.07) is 0. The topological polar surface area (TPSA) is 0 Å². The van der Waals surface area contributed by atoms with Gasteiger partial charge in [0.2, 0.25) is 0 Å². The lowest BCUT2D eigenvalue weighted by atomic mass is 9.67. The van der Waals surface area contributed by atoms with E-state index < -0.39 is 0 Å². The fourth-order valence-electron chi connectivity index (χ4n) is 3.06. The molecule has 0 aromatic carbocycles. The Kier molecular flexibility index (Phi) is 5.15. The molecular formula is C15H30. The molecule has 1 aliphatic rings. The molecule has 0 heterocycles. The van der Waals surface area contributed by atoms with Gasteiger partial charge in [0.25, 0.3) is 0 Å². The average Bonchev–Trinajstić information content (AvgIpc) is 2.18. The lowest BCUT2D eigenvalue weighted by Crippen LogP contribution is -2.26. The zero-order valence-corrected chi connectivity index (χ0v) is 11.3. The number of unbranched alkanes of at least 4 members (excludes halogenated alkanes) is 2. The van der Waals surface area contributed by atoms with Gasteiger partial charge in [-0.25, -0.2) is 0 Å². The van der Waals surface area contributed by atoms with Crippen molar-refractivity contribution in [2.24, 2.45) is 17.3 Å². The zero-order valence-electron chi connectivity index (χ0n) is 11.3. The largest absolute Gasteiger partial charge is 0.0654 e. The molecule has 0 saturated heterocycles. The summed E-state index contributed by atoms with van der Waals surface area (Å²) >= 11 is 0. The lowest BCUT2D eigenvalue weighted by Gasteiger charge is -2.39. The van der Waals surface area contributed by atoms with Gasteiger partial charge in [0.15, 0.2) is 0 Å². The third kappa shape index (κ3) is 4.17. The molecule has 0 aliphatic heterocycles. The summed E-state index contributed by atoms with van der Waals surface area (Å²) in [4.78, 5) is 0. The smallest absolute Gasteiger partial charge is 0.0326 e. The fourth-order valence-corrected chi connectivity index (χ4v) is 3.06. The number of hydrogen-bond acceptors (Lipinski definition) is 0. The van der Waals surface area contributed by atoms with Crippen LogP contribution >= 0.6 is 0 Å². The zero-order chi connectivity index (χ0) is 11.3. The second-order valence-corrected chi connectivity index (χ2v) is 6.35. The molecule has 0 aromatic heterocycles. The van der Waals surface area contributed by atoms with E-state index >= 15 is 0 Å². The highest BCUT2D eigenvalue weighted by atomic mass is 14.4. The second kappa shape index (κ2) is 5.92. The second-order valence-electron chi connectivity index (χ2n) is 6.35. The molecule has 90 valence electrons. The fraction of sp³-hybridized carbons (Fsp3) is 1.00. The van der Waals surface area contributed by atoms with E-state index in [-0.39, 0.29) is 0 Å². The van der Waals surface area contributed by atoms with E-state index in [4.69, 9.17) is 0 Å². The molecule has 1 rings (SSSR count). The molecule has 0 spiro atoms. The van der Waals surface area contributed by atoms with Crippen molar-refractivity contribution >= 4 is 0 Å². The molecule has 0 nitrogen and oxygen atoms in total. The van der Waals surface area contributed by atoms with Gasteiger partial charge >= 0.3 is 0 Å². The van der Waals surface area contributed by atoms with Gasteiger partial charge in [-0.05, 0) is 49.4 Å². The van der Waals surface area contributed by atoms with Crippen molar-refractivity contribution in [1.82, 2.24) is 0 Å². The van der Waals surface area contributed by atoms with Crippen molar-refractivity contribution in [2.45, 2.75) is 79.1 Å². The van der Waals surface area contributed by atoms with E-state index in [0.29, 0.717) is 5.41 Å². The van der Waals surface area contributed by atoms with Gasteiger partial charge in [0.1, 0.15) is 0 Å². The molecule has 1 aliphatic carbocycles. The molecule has 1 saturated carbocycles. The number of rotatable bonds is 5. The Morgan fingerprint density at radius 2 is 1.73 bits per heavy atom. The van der Waals surface area contributed by atoms with Gasteiger partial charge in [-0.3, -0.25) is 0 Å². The van der Waals surface area contributed by atoms with E-state index in [2.05, 4.69) is 27.7 Å². The first-order valence-electron chi connectivity index (χ1n) is 7.07. The summed E-state index contributed by atoms with van der Waals surface area (Å²) in [5, 5.41) is 0. The van der Waals surface area contributed by atoms with Crippen molar-refractivity contribution in [3.05, 3.63) is 0 Å². The average molecular weight is 210 g/mol. The lowest BCUT2D eigenvalue weighted by molar-refractivity contribution is 0.130. The van der Waals surface area contributed by atoms with Crippen LogP contribution < -0.4 is 0 Å². The van der Waals surface area contributed by atoms with E-state index in [9.17, 15) is 0 Å². The van der Waals surface area contributed by atoms with Gasteiger partial charge in [0.05, 0.1) is 0 Å². The maximum Gasteiger partial charge on any atom is -0.0326 e. The summed E-state index contributed by atoms with van der Waals surface area (Å²) in [5.74, 6) is 1.93. The Labute approximate surface area is 96.8 Å². The standard InChI is InChI=1S/C15H30/c1-5-6-7-10-15(4)11-8-14(9-12-15)13(2)3/h13-14H,5-12H2,1-4H3. The molecule has 0 bridgehead atoms. The van der Waals surface area contributed by atoms with Gasteiger partial charge < -0.3 is 0 Å². The van der Waals surface area contributed by atoms with Crippen LogP contribution in [-0.4, -0.2) is 0 Å². The summed E-state index contributed by atoms with van der Waals surface area (Å²) in [7, 11) is 0. The van der Waals surface area contributed by atoms with Gasteiger partial charge in [0, 0.05) is 0 Å². The third-order valence-corrected chi connectivity index (χ3v) is 4.56. The van der Waals surface area contributed by atoms with Crippen LogP contribution in [0.3, 0.4) is 0 Å². The summed E-state index contributed by atoms with van der Waals surface area (Å²) in [6.07, 6.45) is 11.7. The summed E-state index contributed by atoms with van der Waals surface area (Å²) < 4.78 is 0. The highest BCUT2D eigenvalue weighted by molar-refractivity contribution is 4.83. The summed E-state index contributed by atoms with van der Waals surface area (Å²) in [6.45, 7) is 9.62. The van der Waals surface area contributed by atoms with Crippen LogP contribution in [0.4, 0.5) is 0 Å². The van der Waals surface area contributed by atoms with Crippen LogP contribution in [-0.2, 0) is 0 Å². The minimum atomic E-state index is 0.695. The van der Waals surface area contributed by atoms with Crippen molar-refractivity contribution in [3.63, 3.8) is 0 Å². The predicted molar refractivity (Wildman–Crippen MR) is 69.0 cm³/mol. The maximum absolute atomic E-state index is 2.53. The van der Waals surface area contributed by atoms with Gasteiger partial charge in [-0.2, -0.15) is 0 Å². The van der Waals surface area contributed by atoms with Crippen LogP contribution in [0.2, 0.25) is 0 Å². The highest BCUT2D eigenvalue weighted by Gasteiger charge is 2.31. The Balaban J connectivity index is 2.27. The van der Waals surface area contributed by atoms with Crippen LogP contribution in [0.15, 0.2) is 0 Å². The molecule has 0 heteroatoms. The SMILES string of the molecule is CCCCCC1(C)CCC(C(C)C)CC1. The highest BCUT2D eigenvalue weighted by Crippen LogP contribution is 2.44. The molecule has 0 unspecified atom stereocenters. The van der Waals surface area contributed by atoms with Gasteiger partial charge in [-0.15, -0.1) is 0 Å². The van der Waals surface area contributed by atoms with Crippen molar-refractivity contribution in [1.29, 1.82) is 0 Å². The van der Waals surface area contributed by atoms with E-state index in [1.54, 1.807) is 0 Å². The quantitative estimate of drug-likeness (QED) is 0.532. The minimum Gasteiger partial charge on any atom is -0.0654 e. The normalized spacial score (nSPS) is 32.2. The Hall–Kier alpha value is 0. The molecule has 0 radical (unpaired) electrons. The first kappa shape index (κ1) is 13.1. The minimum absolute atomic E-state index is 0.695. The van der Waals surface area contributed by atoms with E-state index in [1.165, 1.54) is 51.4 Å². The van der Waals surface area contributed by atoms with Crippen LogP contribution in [0.5, 0.6) is 0 Å². The molecule has 0 amide bonds. The van der Waals surface area contributed by atoms with E-state index in [0.717, 1.165) is 11.8 Å². The predicted octanol–water partition coefficient (Wildman–Crippen LogP) is 5.42. The molecule has 15 heavy (non-hydrogen) atoms. The molecule has 0 aromatic rings. The number of hydrogen-bond donors (Lipinski definition) is 0. The first-order valence-corrected chi connectivity index (χ1v) is 7.07. The van der Waals surface area contributed by atoms with Crippen molar-refractivity contribution in [2.75, 3.05) is 0 Å². The Morgan fingerprint density at radius 1 is 1.13 bits per heavy atom. The van der Waals surface area contributed by atoms with Crippen molar-refractivity contribution in [3.8, 4) is 0 Å². The van der Waals surface area contributed by atoms with E-state index in [1.807, 2.05) is 0 Å². The van der Waals surface area contributed by atoms with Crippen LogP contribution in [0.1, 0.15) is 79.1 Å². The van der Waals surface area contributed by atoms with Crippen LogP contribution in [0.25, 0.3) is 0 Å². The van der Waals surface area contributed by atoms with Crippen molar-refractivity contribution < 1.29 is 0 Å². The molecule has 1 fully saturated rings.